The zero-order chi connectivity index (χ0) is 8.69. The number of nitrogens with zero attached hydrogens (tertiary/aromatic N) is 1. The van der Waals surface area contributed by atoms with Gasteiger partial charge in [0.25, 0.3) is 0 Å². The Morgan fingerprint density at radius 1 is 1.55 bits per heavy atom. The lowest BCUT2D eigenvalue weighted by Gasteiger charge is -1.77. The molecule has 0 saturated heterocycles. The summed E-state index contributed by atoms with van der Waals surface area (Å²) in [4.78, 5) is 19.8. The van der Waals surface area contributed by atoms with E-state index in [1.165, 1.54) is 18.4 Å². The molecule has 0 aliphatic heterocycles. The summed E-state index contributed by atoms with van der Waals surface area (Å²) < 4.78 is 4.54. The number of carbonyl (C=O) groups excluding carboxylic acids is 1. The maximum atomic E-state index is 10.3. The van der Waals surface area contributed by atoms with Gasteiger partial charge in [-0.1, -0.05) is 13.8 Å². The summed E-state index contributed by atoms with van der Waals surface area (Å²) in [5.41, 5.74) is 0. The lowest BCUT2D eigenvalue weighted by atomic mass is 10.4. The Kier molecular flexibility index (Phi) is 4.64. The summed E-state index contributed by atoms with van der Waals surface area (Å²) in [5, 5.41) is 2.15. The number of hydrogen-bond acceptors (Lipinski definition) is 3. The molecule has 1 heterocycles. The van der Waals surface area contributed by atoms with Crippen LogP contribution >= 0.6 is 0 Å². The number of carbonyl (C=O) groups is 1. The van der Waals surface area contributed by atoms with Gasteiger partial charge in [0.2, 0.25) is 0 Å². The van der Waals surface area contributed by atoms with Crippen molar-refractivity contribution in [2.45, 2.75) is 13.8 Å². The van der Waals surface area contributed by atoms with Crippen LogP contribution in [0.5, 0.6) is 0 Å². The first-order chi connectivity index (χ1) is 5.34. The molecule has 11 heavy (non-hydrogen) atoms. The highest BCUT2D eigenvalue weighted by Crippen LogP contribution is 2.00. The normalized spacial score (nSPS) is 7.82. The monoisotopic (exact) mass is 155 g/mol. The van der Waals surface area contributed by atoms with E-state index in [1.807, 2.05) is 13.8 Å². The third-order valence-corrected chi connectivity index (χ3v) is 0.815. The van der Waals surface area contributed by atoms with Crippen LogP contribution in [0.15, 0.2) is 28.0 Å². The smallest absolute Gasteiger partial charge is 0.351 e. The van der Waals surface area contributed by atoms with E-state index in [4.69, 9.17) is 0 Å². The molecule has 0 spiro atoms. The Morgan fingerprint density at radius 3 is 2.55 bits per heavy atom. The third kappa shape index (κ3) is 2.75. The molecule has 0 aliphatic rings. The van der Waals surface area contributed by atoms with E-state index < -0.39 is 5.91 Å². The van der Waals surface area contributed by atoms with Gasteiger partial charge in [-0.15, -0.1) is 4.91 Å². The molecule has 0 N–H and O–H groups in total. The van der Waals surface area contributed by atoms with Gasteiger partial charge in [0.1, 0.15) is 0 Å². The average molecular weight is 155 g/mol. The second kappa shape index (κ2) is 5.34. The molecule has 60 valence electrons. The predicted octanol–water partition coefficient (Wildman–Crippen LogP) is 2.21. The first-order valence-electron chi connectivity index (χ1n) is 3.26. The van der Waals surface area contributed by atoms with Crippen LogP contribution in [0.2, 0.25) is 0 Å². The van der Waals surface area contributed by atoms with E-state index in [9.17, 15) is 9.70 Å². The molecular weight excluding hydrogens is 146 g/mol. The highest BCUT2D eigenvalue weighted by molar-refractivity contribution is 5.91. The van der Waals surface area contributed by atoms with Gasteiger partial charge in [-0.2, -0.15) is 0 Å². The molecule has 0 radical (unpaired) electrons. The molecular formula is C7H9NO3. The van der Waals surface area contributed by atoms with Crippen molar-refractivity contribution in [3.05, 3.63) is 29.1 Å². The van der Waals surface area contributed by atoms with Gasteiger partial charge < -0.3 is 4.42 Å². The van der Waals surface area contributed by atoms with Crippen LogP contribution in [-0.2, 0) is 0 Å². The van der Waals surface area contributed by atoms with Gasteiger partial charge in [0, 0.05) is 5.18 Å². The number of furan rings is 1. The molecule has 4 heteroatoms. The fraction of sp³-hybridized carbons (Fsp3) is 0.286. The predicted molar refractivity (Wildman–Crippen MR) is 40.2 cm³/mol. The van der Waals surface area contributed by atoms with E-state index in [-0.39, 0.29) is 5.76 Å². The lowest BCUT2D eigenvalue weighted by Crippen LogP contribution is -1.87. The van der Waals surface area contributed by atoms with Crippen LogP contribution in [0.3, 0.4) is 0 Å². The van der Waals surface area contributed by atoms with Crippen molar-refractivity contribution in [2.24, 2.45) is 5.18 Å². The number of amides is 1. The molecule has 1 aromatic heterocycles. The number of rotatable bonds is 1. The van der Waals surface area contributed by atoms with Gasteiger partial charge in [0.15, 0.2) is 5.76 Å². The van der Waals surface area contributed by atoms with Crippen LogP contribution < -0.4 is 0 Å². The van der Waals surface area contributed by atoms with Gasteiger partial charge in [0.05, 0.1) is 6.26 Å². The number of hydrogen-bond donors (Lipinski definition) is 0. The van der Waals surface area contributed by atoms with Crippen LogP contribution in [-0.4, -0.2) is 5.91 Å². The van der Waals surface area contributed by atoms with Crippen molar-refractivity contribution in [2.75, 3.05) is 0 Å². The third-order valence-electron chi connectivity index (χ3n) is 0.815. The summed E-state index contributed by atoms with van der Waals surface area (Å²) in [6, 6.07) is 2.89. The molecule has 1 aromatic rings. The SMILES string of the molecule is CC.O=NC(=O)c1ccco1. The van der Waals surface area contributed by atoms with Crippen LogP contribution in [0.25, 0.3) is 0 Å². The van der Waals surface area contributed by atoms with Gasteiger partial charge in [-0.25, -0.2) is 0 Å². The van der Waals surface area contributed by atoms with E-state index in [0.717, 1.165) is 0 Å². The summed E-state index contributed by atoms with van der Waals surface area (Å²) in [5.74, 6) is -0.898. The first kappa shape index (κ1) is 9.55. The highest BCUT2D eigenvalue weighted by atomic mass is 16.3. The molecule has 1 rings (SSSR count). The highest BCUT2D eigenvalue weighted by Gasteiger charge is 2.06. The number of nitroso groups, excluding NO2 is 1. The summed E-state index contributed by atoms with van der Waals surface area (Å²) in [6.07, 6.45) is 1.30. The van der Waals surface area contributed by atoms with Crippen LogP contribution in [0, 0.1) is 4.91 Å². The summed E-state index contributed by atoms with van der Waals surface area (Å²) in [6.45, 7) is 4.00. The zero-order valence-corrected chi connectivity index (χ0v) is 6.40. The van der Waals surface area contributed by atoms with Crippen LogP contribution in [0.1, 0.15) is 24.4 Å². The maximum absolute atomic E-state index is 10.3. The maximum Gasteiger partial charge on any atom is 0.351 e. The van der Waals surface area contributed by atoms with Crippen LogP contribution in [0.4, 0.5) is 0 Å². The molecule has 0 fully saturated rings. The van der Waals surface area contributed by atoms with Crippen molar-refractivity contribution in [1.82, 2.24) is 0 Å². The molecule has 0 atom stereocenters. The standard InChI is InChI=1S/C5H3NO3.C2H6/c7-5(6-8)4-2-1-3-9-4;1-2/h1-3H;1-2H3. The molecule has 1 amide bonds. The van der Waals surface area contributed by atoms with Crippen molar-refractivity contribution in [1.29, 1.82) is 0 Å². The summed E-state index contributed by atoms with van der Waals surface area (Å²) in [7, 11) is 0. The zero-order valence-electron chi connectivity index (χ0n) is 6.40. The van der Waals surface area contributed by atoms with Crippen molar-refractivity contribution < 1.29 is 9.21 Å². The van der Waals surface area contributed by atoms with E-state index >= 15 is 0 Å². The topological polar surface area (TPSA) is 59.6 Å². The minimum absolute atomic E-state index is 0.0231. The van der Waals surface area contributed by atoms with E-state index in [0.29, 0.717) is 0 Å². The Hall–Kier alpha value is -1.45. The molecule has 0 aliphatic carbocycles. The molecule has 0 saturated carbocycles. The molecule has 0 aromatic carbocycles. The van der Waals surface area contributed by atoms with E-state index in [2.05, 4.69) is 9.59 Å². The second-order valence-corrected chi connectivity index (χ2v) is 1.37. The fourth-order valence-corrected chi connectivity index (χ4v) is 0.445. The quantitative estimate of drug-likeness (QED) is 0.584. The Balaban J connectivity index is 0.000000461. The minimum atomic E-state index is -0.875. The van der Waals surface area contributed by atoms with E-state index in [1.54, 1.807) is 0 Å². The van der Waals surface area contributed by atoms with Gasteiger partial charge in [-0.3, -0.25) is 4.79 Å². The fourth-order valence-electron chi connectivity index (χ4n) is 0.445. The average Bonchev–Trinajstić information content (AvgIpc) is 2.59. The minimum Gasteiger partial charge on any atom is -0.459 e. The Labute approximate surface area is 64.2 Å². The largest absolute Gasteiger partial charge is 0.459 e. The Morgan fingerprint density at radius 2 is 2.18 bits per heavy atom. The molecule has 4 nitrogen and oxygen atoms in total. The molecule has 0 bridgehead atoms. The molecule has 0 unspecified atom stereocenters. The lowest BCUT2D eigenvalue weighted by molar-refractivity contribution is 0.0974. The summed E-state index contributed by atoms with van der Waals surface area (Å²) >= 11 is 0. The Bertz CT molecular complexity index is 216. The van der Waals surface area contributed by atoms with Gasteiger partial charge >= 0.3 is 5.91 Å². The van der Waals surface area contributed by atoms with Crippen molar-refractivity contribution >= 4 is 5.91 Å². The van der Waals surface area contributed by atoms with Gasteiger partial charge in [-0.05, 0) is 12.1 Å². The van der Waals surface area contributed by atoms with Crippen molar-refractivity contribution in [3.8, 4) is 0 Å². The first-order valence-corrected chi connectivity index (χ1v) is 3.26. The second-order valence-electron chi connectivity index (χ2n) is 1.37. The van der Waals surface area contributed by atoms with Crippen molar-refractivity contribution in [3.63, 3.8) is 0 Å².